The molecular weight excluding hydrogens is 815 g/mol. The van der Waals surface area contributed by atoms with E-state index in [0.29, 0.717) is 0 Å². The number of aromatic nitrogens is 5. The summed E-state index contributed by atoms with van der Waals surface area (Å²) in [6, 6.07) is 88.7. The number of hydrogen-bond acceptors (Lipinski definition) is 2. The van der Waals surface area contributed by atoms with Gasteiger partial charge in [0.25, 0.3) is 0 Å². The van der Waals surface area contributed by atoms with Gasteiger partial charge in [-0.05, 0) is 143 Å². The van der Waals surface area contributed by atoms with Gasteiger partial charge < -0.3 is 4.57 Å². The van der Waals surface area contributed by atoms with Gasteiger partial charge in [-0.25, -0.2) is 9.97 Å². The van der Waals surface area contributed by atoms with Crippen LogP contribution in [0.5, 0.6) is 0 Å². The summed E-state index contributed by atoms with van der Waals surface area (Å²) < 4.78 is 6.92. The molecule has 67 heavy (non-hydrogen) atoms. The molecule has 0 spiro atoms. The summed E-state index contributed by atoms with van der Waals surface area (Å²) in [5.41, 5.74) is 18.5. The highest BCUT2D eigenvalue weighted by Gasteiger charge is 2.21. The van der Waals surface area contributed by atoms with Gasteiger partial charge in [0.15, 0.2) is 0 Å². The van der Waals surface area contributed by atoms with Crippen molar-refractivity contribution in [3.63, 3.8) is 0 Å². The molecule has 0 aliphatic heterocycles. The highest BCUT2D eigenvalue weighted by molar-refractivity contribution is 6.10. The topological polar surface area (TPSA) is 40.6 Å². The van der Waals surface area contributed by atoms with E-state index in [9.17, 15) is 0 Å². The first-order chi connectivity index (χ1) is 33.2. The number of nitrogens with zero attached hydrogens (tertiary/aromatic N) is 5. The minimum atomic E-state index is 0.866. The number of imidazole rings is 2. The molecule has 314 valence electrons. The smallest absolute Gasteiger partial charge is 0.145 e. The number of para-hydroxylation sites is 8. The molecule has 0 radical (unpaired) electrons. The number of fused-ring (bicyclic) bond motifs is 5. The van der Waals surface area contributed by atoms with Crippen LogP contribution in [-0.2, 0) is 0 Å². The predicted octanol–water partition coefficient (Wildman–Crippen LogP) is 15.8. The fourth-order valence-electron chi connectivity index (χ4n) is 9.93. The molecule has 0 aliphatic carbocycles. The summed E-state index contributed by atoms with van der Waals surface area (Å²) in [6.07, 6.45) is 0. The van der Waals surface area contributed by atoms with E-state index in [1.165, 1.54) is 32.9 Å². The second-order valence-corrected chi connectivity index (χ2v) is 17.1. The Morgan fingerprint density at radius 3 is 1.12 bits per heavy atom. The number of hydrogen-bond donors (Lipinski definition) is 0. The van der Waals surface area contributed by atoms with Gasteiger partial charge in [-0.15, -0.1) is 0 Å². The van der Waals surface area contributed by atoms with E-state index in [1.807, 2.05) is 0 Å². The highest BCUT2D eigenvalue weighted by Crippen LogP contribution is 2.40. The Morgan fingerprint density at radius 2 is 0.597 bits per heavy atom. The summed E-state index contributed by atoms with van der Waals surface area (Å²) >= 11 is 0. The lowest BCUT2D eigenvalue weighted by atomic mass is 9.94. The van der Waals surface area contributed by atoms with Crippen LogP contribution in [0.1, 0.15) is 0 Å². The monoisotopic (exact) mass is 855 g/mol. The van der Waals surface area contributed by atoms with Gasteiger partial charge in [0.05, 0.1) is 33.1 Å². The summed E-state index contributed by atoms with van der Waals surface area (Å²) in [5.74, 6) is 1.73. The zero-order chi connectivity index (χ0) is 44.3. The number of rotatable bonds is 8. The Balaban J connectivity index is 0.967. The molecule has 0 saturated heterocycles. The van der Waals surface area contributed by atoms with E-state index >= 15 is 0 Å². The molecular formula is C62H41N5. The minimum absolute atomic E-state index is 0.866. The van der Waals surface area contributed by atoms with E-state index in [1.54, 1.807) is 0 Å². The maximum Gasteiger partial charge on any atom is 0.145 e. The Hall–Kier alpha value is -9.06. The first kappa shape index (κ1) is 38.4. The van der Waals surface area contributed by atoms with E-state index in [2.05, 4.69) is 262 Å². The van der Waals surface area contributed by atoms with Crippen LogP contribution in [0.3, 0.4) is 0 Å². The average molecular weight is 856 g/mol. The van der Waals surface area contributed by atoms with Crippen molar-refractivity contribution in [3.05, 3.63) is 249 Å². The SMILES string of the molecule is c1ccc(-n2c(-c3cc(-c4cccc(-c5cccc(-c6ccc7c(c6)c6ccccc6n7-c6ccccc6)c5)c4)cc(-c4nc5ccccc5n4-c4ccccc4)c3)nc3ccccc32)cc1. The Kier molecular flexibility index (Phi) is 9.10. The van der Waals surface area contributed by atoms with Crippen LogP contribution in [0.4, 0.5) is 0 Å². The van der Waals surface area contributed by atoms with Crippen molar-refractivity contribution in [3.8, 4) is 73.2 Å². The molecule has 0 aliphatic rings. The maximum absolute atomic E-state index is 5.34. The standard InChI is InChI=1S/C62H41N5/c1-4-22-50(23-5-1)65-57-31-13-10-28-53(57)54-41-46(34-35-58(54)65)44-20-16-18-42(36-44)43-19-17-21-45(37-43)47-38-48(61-63-55-29-11-14-32-59(55)66(61)51-24-6-2-7-25-51)40-49(39-47)62-64-56-30-12-15-33-60(56)67(62)52-26-8-3-9-27-52/h1-41H. The van der Waals surface area contributed by atoms with Crippen molar-refractivity contribution in [1.82, 2.24) is 23.7 Å². The largest absolute Gasteiger partial charge is 0.309 e. The normalized spacial score (nSPS) is 11.6. The fraction of sp³-hybridized carbons (Fsp3) is 0. The lowest BCUT2D eigenvalue weighted by Gasteiger charge is -2.15. The molecule has 0 amide bonds. The number of benzene rings is 10. The van der Waals surface area contributed by atoms with E-state index in [-0.39, 0.29) is 0 Å². The van der Waals surface area contributed by atoms with Gasteiger partial charge in [0.1, 0.15) is 11.6 Å². The molecule has 5 heteroatoms. The minimum Gasteiger partial charge on any atom is -0.309 e. The molecule has 13 rings (SSSR count). The molecule has 0 fully saturated rings. The Morgan fingerprint density at radius 1 is 0.224 bits per heavy atom. The predicted molar refractivity (Wildman–Crippen MR) is 277 cm³/mol. The molecule has 13 aromatic rings. The maximum atomic E-state index is 5.34. The third kappa shape index (κ3) is 6.64. The van der Waals surface area contributed by atoms with E-state index < -0.39 is 0 Å². The van der Waals surface area contributed by atoms with Crippen LogP contribution in [0, 0.1) is 0 Å². The molecule has 3 aromatic heterocycles. The van der Waals surface area contributed by atoms with Crippen LogP contribution in [-0.4, -0.2) is 23.7 Å². The van der Waals surface area contributed by atoms with Crippen molar-refractivity contribution in [2.45, 2.75) is 0 Å². The average Bonchev–Trinajstić information content (AvgIpc) is 4.10. The van der Waals surface area contributed by atoms with Gasteiger partial charge in [-0.3, -0.25) is 9.13 Å². The first-order valence-electron chi connectivity index (χ1n) is 22.7. The fourth-order valence-corrected chi connectivity index (χ4v) is 9.93. The van der Waals surface area contributed by atoms with Crippen LogP contribution in [0.25, 0.3) is 117 Å². The Labute approximate surface area is 387 Å². The van der Waals surface area contributed by atoms with Gasteiger partial charge in [-0.1, -0.05) is 140 Å². The third-order valence-electron chi connectivity index (χ3n) is 13.0. The van der Waals surface area contributed by atoms with Gasteiger partial charge >= 0.3 is 0 Å². The summed E-state index contributed by atoms with van der Waals surface area (Å²) in [5, 5.41) is 2.48. The molecule has 0 bridgehead atoms. The molecule has 0 N–H and O–H groups in total. The summed E-state index contributed by atoms with van der Waals surface area (Å²) in [4.78, 5) is 10.7. The van der Waals surface area contributed by atoms with Gasteiger partial charge in [0.2, 0.25) is 0 Å². The molecule has 5 nitrogen and oxygen atoms in total. The molecule has 3 heterocycles. The second kappa shape index (κ2) is 15.9. The van der Waals surface area contributed by atoms with Crippen molar-refractivity contribution >= 4 is 43.9 Å². The van der Waals surface area contributed by atoms with Gasteiger partial charge in [0, 0.05) is 39.0 Å². The molecule has 10 aromatic carbocycles. The lowest BCUT2D eigenvalue weighted by molar-refractivity contribution is 1.09. The summed E-state index contributed by atoms with van der Waals surface area (Å²) in [6.45, 7) is 0. The molecule has 0 atom stereocenters. The second-order valence-electron chi connectivity index (χ2n) is 17.1. The van der Waals surface area contributed by atoms with E-state index in [4.69, 9.17) is 9.97 Å². The zero-order valence-electron chi connectivity index (χ0n) is 36.4. The Bertz CT molecular complexity index is 3840. The van der Waals surface area contributed by atoms with Crippen molar-refractivity contribution in [2.75, 3.05) is 0 Å². The van der Waals surface area contributed by atoms with Crippen LogP contribution < -0.4 is 0 Å². The zero-order valence-corrected chi connectivity index (χ0v) is 36.4. The van der Waals surface area contributed by atoms with E-state index in [0.717, 1.165) is 84.2 Å². The quantitative estimate of drug-likeness (QED) is 0.153. The molecule has 0 unspecified atom stereocenters. The van der Waals surface area contributed by atoms with Crippen molar-refractivity contribution in [2.24, 2.45) is 0 Å². The van der Waals surface area contributed by atoms with Crippen molar-refractivity contribution in [1.29, 1.82) is 0 Å². The van der Waals surface area contributed by atoms with Crippen LogP contribution in [0.15, 0.2) is 249 Å². The van der Waals surface area contributed by atoms with Crippen LogP contribution in [0.2, 0.25) is 0 Å². The molecule has 0 saturated carbocycles. The third-order valence-corrected chi connectivity index (χ3v) is 13.0. The van der Waals surface area contributed by atoms with Crippen molar-refractivity contribution < 1.29 is 0 Å². The van der Waals surface area contributed by atoms with Crippen LogP contribution >= 0.6 is 0 Å². The van der Waals surface area contributed by atoms with Gasteiger partial charge in [-0.2, -0.15) is 0 Å². The highest BCUT2D eigenvalue weighted by atomic mass is 15.1. The first-order valence-corrected chi connectivity index (χ1v) is 22.7. The summed E-state index contributed by atoms with van der Waals surface area (Å²) in [7, 11) is 0. The lowest BCUT2D eigenvalue weighted by Crippen LogP contribution is -2.00.